The number of hydrogen-bond donors (Lipinski definition) is 1. The highest BCUT2D eigenvalue weighted by Crippen LogP contribution is 2.37. The van der Waals surface area contributed by atoms with Gasteiger partial charge in [-0.15, -0.1) is 0 Å². The van der Waals surface area contributed by atoms with Gasteiger partial charge in [-0.25, -0.2) is 0 Å². The summed E-state index contributed by atoms with van der Waals surface area (Å²) in [5, 5.41) is 10.4. The molecule has 2 aliphatic heterocycles. The molecule has 0 aliphatic carbocycles. The third-order valence-electron chi connectivity index (χ3n) is 5.30. The SMILES string of the molecule is CC1=CN([C@@H]2C[C@@H](O)[C@H](CO[Si](C)(C)C(C)(C)C)O2)C(=O)CC1=O. The van der Waals surface area contributed by atoms with Gasteiger partial charge in [0, 0.05) is 18.2 Å². The molecule has 1 amide bonds. The Morgan fingerprint density at radius 2 is 2.00 bits per heavy atom. The quantitative estimate of drug-likeness (QED) is 0.618. The number of nitrogens with zero attached hydrogens (tertiary/aromatic N) is 1. The highest BCUT2D eigenvalue weighted by Gasteiger charge is 2.43. The maximum absolute atomic E-state index is 12.1. The Bertz CT molecular complexity index is 552. The van der Waals surface area contributed by atoms with Gasteiger partial charge in [0.25, 0.3) is 0 Å². The summed E-state index contributed by atoms with van der Waals surface area (Å²) >= 11 is 0. The van der Waals surface area contributed by atoms with Crippen molar-refractivity contribution in [2.45, 2.75) is 77.1 Å². The van der Waals surface area contributed by atoms with E-state index in [1.54, 1.807) is 6.92 Å². The van der Waals surface area contributed by atoms with Crippen LogP contribution in [0.25, 0.3) is 0 Å². The molecule has 0 saturated carbocycles. The van der Waals surface area contributed by atoms with Gasteiger partial charge in [0.05, 0.1) is 19.1 Å². The minimum Gasteiger partial charge on any atom is -0.414 e. The van der Waals surface area contributed by atoms with Crippen LogP contribution >= 0.6 is 0 Å². The van der Waals surface area contributed by atoms with Gasteiger partial charge in [-0.3, -0.25) is 14.5 Å². The number of carbonyl (C=O) groups is 2. The summed E-state index contributed by atoms with van der Waals surface area (Å²) in [5.41, 5.74) is 0.536. The molecule has 1 N–H and O–H groups in total. The Morgan fingerprint density at radius 3 is 2.58 bits per heavy atom. The maximum atomic E-state index is 12.1. The van der Waals surface area contributed by atoms with E-state index in [-0.39, 0.29) is 23.1 Å². The van der Waals surface area contributed by atoms with Crippen molar-refractivity contribution >= 4 is 20.0 Å². The van der Waals surface area contributed by atoms with Gasteiger partial charge in [-0.1, -0.05) is 20.8 Å². The topological polar surface area (TPSA) is 76.1 Å². The van der Waals surface area contributed by atoms with E-state index in [4.69, 9.17) is 9.16 Å². The fourth-order valence-corrected chi connectivity index (χ4v) is 3.52. The van der Waals surface area contributed by atoms with Crippen LogP contribution in [0.4, 0.5) is 0 Å². The lowest BCUT2D eigenvalue weighted by molar-refractivity contribution is -0.144. The summed E-state index contributed by atoms with van der Waals surface area (Å²) in [6, 6.07) is 0. The lowest BCUT2D eigenvalue weighted by atomic mass is 10.1. The molecule has 6 nitrogen and oxygen atoms in total. The number of carbonyl (C=O) groups excluding carboxylic acids is 2. The van der Waals surface area contributed by atoms with E-state index in [0.29, 0.717) is 18.6 Å². The Hall–Kier alpha value is -1.02. The monoisotopic (exact) mass is 355 g/mol. The first-order chi connectivity index (χ1) is 10.9. The predicted molar refractivity (Wildman–Crippen MR) is 92.7 cm³/mol. The fraction of sp³-hybridized carbons (Fsp3) is 0.765. The fourth-order valence-electron chi connectivity index (χ4n) is 2.51. The summed E-state index contributed by atoms with van der Waals surface area (Å²) in [5.74, 6) is -0.443. The van der Waals surface area contributed by atoms with Crippen LogP contribution in [0, 0.1) is 0 Å². The molecule has 0 aromatic carbocycles. The Kier molecular flexibility index (Phi) is 5.39. The molecule has 2 rings (SSSR count). The van der Waals surface area contributed by atoms with Crippen molar-refractivity contribution in [1.29, 1.82) is 0 Å². The zero-order chi connectivity index (χ0) is 18.3. The van der Waals surface area contributed by atoms with Crippen LogP contribution in [0.3, 0.4) is 0 Å². The first-order valence-electron chi connectivity index (χ1n) is 8.42. The first kappa shape index (κ1) is 19.3. The van der Waals surface area contributed by atoms with Gasteiger partial charge in [0.15, 0.2) is 14.1 Å². The summed E-state index contributed by atoms with van der Waals surface area (Å²) in [4.78, 5) is 25.1. The number of Topliss-reactive ketones (excluding diaryl/α,β-unsaturated/α-hetero) is 1. The van der Waals surface area contributed by atoms with E-state index in [0.717, 1.165) is 0 Å². The van der Waals surface area contributed by atoms with Crippen molar-refractivity contribution < 1.29 is 23.9 Å². The number of ketones is 1. The van der Waals surface area contributed by atoms with Crippen molar-refractivity contribution in [3.8, 4) is 0 Å². The van der Waals surface area contributed by atoms with Crippen LogP contribution in [0.5, 0.6) is 0 Å². The molecule has 0 spiro atoms. The maximum Gasteiger partial charge on any atom is 0.236 e. The summed E-state index contributed by atoms with van der Waals surface area (Å²) < 4.78 is 12.0. The van der Waals surface area contributed by atoms with Crippen LogP contribution in [-0.2, 0) is 18.8 Å². The first-order valence-corrected chi connectivity index (χ1v) is 11.3. The van der Waals surface area contributed by atoms with Gasteiger partial charge >= 0.3 is 0 Å². The molecule has 1 fully saturated rings. The lowest BCUT2D eigenvalue weighted by Crippen LogP contribution is -2.44. The van der Waals surface area contributed by atoms with Crippen molar-refractivity contribution in [1.82, 2.24) is 4.90 Å². The minimum atomic E-state index is -1.93. The molecule has 3 atom stereocenters. The van der Waals surface area contributed by atoms with Gasteiger partial charge in [0.1, 0.15) is 12.3 Å². The molecule has 2 heterocycles. The van der Waals surface area contributed by atoms with Crippen LogP contribution in [-0.4, -0.2) is 55.1 Å². The molecule has 0 aromatic rings. The number of aliphatic hydroxyl groups is 1. The normalized spacial score (nSPS) is 29.2. The molecular weight excluding hydrogens is 326 g/mol. The molecule has 24 heavy (non-hydrogen) atoms. The van der Waals surface area contributed by atoms with E-state index < -0.39 is 26.8 Å². The van der Waals surface area contributed by atoms with E-state index in [1.807, 2.05) is 0 Å². The average molecular weight is 356 g/mol. The molecule has 2 aliphatic rings. The number of amides is 1. The van der Waals surface area contributed by atoms with Crippen molar-refractivity contribution in [2.75, 3.05) is 6.61 Å². The summed E-state index contributed by atoms with van der Waals surface area (Å²) in [7, 11) is -1.93. The highest BCUT2D eigenvalue weighted by atomic mass is 28.4. The number of ether oxygens (including phenoxy) is 1. The van der Waals surface area contributed by atoms with Crippen molar-refractivity contribution in [2.24, 2.45) is 0 Å². The van der Waals surface area contributed by atoms with E-state index in [2.05, 4.69) is 33.9 Å². The molecule has 1 saturated heterocycles. The van der Waals surface area contributed by atoms with Gasteiger partial charge < -0.3 is 14.3 Å². The number of aliphatic hydroxyl groups excluding tert-OH is 1. The molecule has 0 radical (unpaired) electrons. The second-order valence-electron chi connectivity index (χ2n) is 8.22. The number of allylic oxidation sites excluding steroid dienone is 1. The Balaban J connectivity index is 2.00. The van der Waals surface area contributed by atoms with Crippen LogP contribution < -0.4 is 0 Å². The third-order valence-corrected chi connectivity index (χ3v) is 9.80. The molecular formula is C17H29NO5Si. The largest absolute Gasteiger partial charge is 0.414 e. The zero-order valence-electron chi connectivity index (χ0n) is 15.5. The summed E-state index contributed by atoms with van der Waals surface area (Å²) in [6.45, 7) is 12.8. The smallest absolute Gasteiger partial charge is 0.236 e. The third kappa shape index (κ3) is 3.96. The molecule has 0 unspecified atom stereocenters. The zero-order valence-corrected chi connectivity index (χ0v) is 16.5. The lowest BCUT2D eigenvalue weighted by Gasteiger charge is -2.37. The van der Waals surface area contributed by atoms with E-state index >= 15 is 0 Å². The number of hydrogen-bond acceptors (Lipinski definition) is 5. The Labute approximate surface area is 144 Å². The predicted octanol–water partition coefficient (Wildman–Crippen LogP) is 2.19. The second-order valence-corrected chi connectivity index (χ2v) is 13.0. The Morgan fingerprint density at radius 1 is 1.38 bits per heavy atom. The second kappa shape index (κ2) is 6.71. The van der Waals surface area contributed by atoms with E-state index in [9.17, 15) is 14.7 Å². The highest BCUT2D eigenvalue weighted by molar-refractivity contribution is 6.74. The van der Waals surface area contributed by atoms with Crippen LogP contribution in [0.1, 0.15) is 40.5 Å². The molecule has 7 heteroatoms. The number of rotatable bonds is 4. The van der Waals surface area contributed by atoms with Crippen LogP contribution in [0.15, 0.2) is 11.8 Å². The minimum absolute atomic E-state index is 0.0823. The molecule has 136 valence electrons. The summed E-state index contributed by atoms with van der Waals surface area (Å²) in [6.07, 6.45) is 0.0483. The molecule has 0 bridgehead atoms. The van der Waals surface area contributed by atoms with Crippen LogP contribution in [0.2, 0.25) is 18.1 Å². The van der Waals surface area contributed by atoms with Crippen molar-refractivity contribution in [3.05, 3.63) is 11.8 Å². The van der Waals surface area contributed by atoms with Gasteiger partial charge in [0.2, 0.25) is 5.91 Å². The molecule has 0 aromatic heterocycles. The van der Waals surface area contributed by atoms with E-state index in [1.165, 1.54) is 11.1 Å². The van der Waals surface area contributed by atoms with Gasteiger partial charge in [-0.2, -0.15) is 0 Å². The van der Waals surface area contributed by atoms with Crippen molar-refractivity contribution in [3.63, 3.8) is 0 Å². The average Bonchev–Trinajstić information content (AvgIpc) is 2.80. The van der Waals surface area contributed by atoms with Gasteiger partial charge in [-0.05, 0) is 25.1 Å². The standard InChI is InChI=1S/C17H29NO5Si/c1-11-9-18(15(21)7-12(11)19)16-8-13(20)14(23-16)10-22-24(5,6)17(2,3)4/h9,13-14,16,20H,7-8,10H2,1-6H3/t13-,14+,16+/m1/s1.